The van der Waals surface area contributed by atoms with Crippen molar-refractivity contribution in [2.45, 2.75) is 56.9 Å². The quantitative estimate of drug-likeness (QED) is 0.446. The molecule has 196 valence electrons. The summed E-state index contributed by atoms with van der Waals surface area (Å²) in [7, 11) is -3.98. The molecule has 1 atom stereocenters. The van der Waals surface area contributed by atoms with Gasteiger partial charge in [-0.1, -0.05) is 19.8 Å². The number of anilines is 3. The Morgan fingerprint density at radius 2 is 1.76 bits per heavy atom. The number of amides is 1. The van der Waals surface area contributed by atoms with Gasteiger partial charge in [-0.3, -0.25) is 9.52 Å². The van der Waals surface area contributed by atoms with Gasteiger partial charge in [0.15, 0.2) is 23.1 Å². The molecule has 1 fully saturated rings. The first-order chi connectivity index (χ1) is 17.8. The van der Waals surface area contributed by atoms with Gasteiger partial charge in [0, 0.05) is 37.3 Å². The molecule has 0 radical (unpaired) electrons. The molecule has 0 bridgehead atoms. The van der Waals surface area contributed by atoms with E-state index in [0.29, 0.717) is 47.3 Å². The van der Waals surface area contributed by atoms with Gasteiger partial charge in [0.2, 0.25) is 5.91 Å². The Kier molecular flexibility index (Phi) is 7.05. The number of unbranched alkanes of at least 4 members (excludes halogenated alkanes) is 1. The summed E-state index contributed by atoms with van der Waals surface area (Å²) in [4.78, 5) is 23.2. The van der Waals surface area contributed by atoms with Crippen LogP contribution in [0.1, 0.15) is 46.0 Å². The molecule has 2 aliphatic rings. The van der Waals surface area contributed by atoms with Crippen LogP contribution in [0.4, 0.5) is 17.3 Å². The molecule has 2 N–H and O–H groups in total. The molecule has 1 aromatic heterocycles. The molecule has 5 rings (SSSR count). The molecule has 1 unspecified atom stereocenters. The smallest absolute Gasteiger partial charge is 0.263 e. The first-order valence-corrected chi connectivity index (χ1v) is 14.1. The molecule has 10 nitrogen and oxygen atoms in total. The molecule has 1 amide bonds. The first kappa shape index (κ1) is 25.1. The number of hydrogen-bond acceptors (Lipinski definition) is 8. The number of carbonyl (C=O) groups is 1. The first-order valence-electron chi connectivity index (χ1n) is 12.6. The monoisotopic (exact) mass is 525 g/mol. The summed E-state index contributed by atoms with van der Waals surface area (Å²) in [5.41, 5.74) is 1.64. The molecule has 0 aliphatic carbocycles. The van der Waals surface area contributed by atoms with Crippen LogP contribution in [0.15, 0.2) is 41.3 Å². The lowest BCUT2D eigenvalue weighted by Gasteiger charge is -2.28. The maximum atomic E-state index is 13.4. The average molecular weight is 526 g/mol. The summed E-state index contributed by atoms with van der Waals surface area (Å²) < 4.78 is 40.9. The molecule has 0 spiro atoms. The minimum atomic E-state index is -3.98. The van der Waals surface area contributed by atoms with Gasteiger partial charge in [-0.25, -0.2) is 18.4 Å². The van der Waals surface area contributed by atoms with Crippen molar-refractivity contribution in [2.24, 2.45) is 0 Å². The van der Waals surface area contributed by atoms with Crippen molar-refractivity contribution in [3.05, 3.63) is 36.4 Å². The highest BCUT2D eigenvalue weighted by Crippen LogP contribution is 2.38. The van der Waals surface area contributed by atoms with Crippen LogP contribution in [0, 0.1) is 0 Å². The Morgan fingerprint density at radius 3 is 2.41 bits per heavy atom. The van der Waals surface area contributed by atoms with Gasteiger partial charge in [0.1, 0.15) is 13.2 Å². The Labute approximate surface area is 216 Å². The standard InChI is InChI=1S/C26H31N5O5S/c1-3-4-6-19-7-5-12-31(19)26-25(28-21-15-23-24(16-22(21)29-26)36-14-13-35-23)30-37(33,34)20-10-8-18(9-11-20)27-17(2)32/h8-11,15-16,19H,3-7,12-14H2,1-2H3,(H,27,32)(H,28,30). The van der Waals surface area contributed by atoms with Crippen LogP contribution in [0.5, 0.6) is 11.5 Å². The molecular formula is C26H31N5O5S. The molecule has 2 aliphatic heterocycles. The third-order valence-corrected chi connectivity index (χ3v) is 7.92. The van der Waals surface area contributed by atoms with Crippen LogP contribution in [0.25, 0.3) is 11.0 Å². The lowest BCUT2D eigenvalue weighted by Crippen LogP contribution is -2.31. The zero-order valence-corrected chi connectivity index (χ0v) is 21.8. The summed E-state index contributed by atoms with van der Waals surface area (Å²) in [5, 5.41) is 2.64. The number of rotatable bonds is 8. The van der Waals surface area contributed by atoms with Gasteiger partial charge in [0.05, 0.1) is 15.9 Å². The van der Waals surface area contributed by atoms with Crippen LogP contribution in [0.2, 0.25) is 0 Å². The van der Waals surface area contributed by atoms with E-state index >= 15 is 0 Å². The number of ether oxygens (including phenoxy) is 2. The second-order valence-electron chi connectivity index (χ2n) is 9.32. The van der Waals surface area contributed by atoms with E-state index in [0.717, 1.165) is 38.6 Å². The predicted octanol–water partition coefficient (Wildman–Crippen LogP) is 4.32. The maximum absolute atomic E-state index is 13.4. The fourth-order valence-electron chi connectivity index (χ4n) is 4.81. The lowest BCUT2D eigenvalue weighted by molar-refractivity contribution is -0.114. The molecule has 2 aromatic carbocycles. The number of carbonyl (C=O) groups excluding carboxylic acids is 1. The number of sulfonamides is 1. The fourth-order valence-corrected chi connectivity index (χ4v) is 5.82. The third-order valence-electron chi connectivity index (χ3n) is 6.57. The lowest BCUT2D eigenvalue weighted by atomic mass is 10.1. The zero-order chi connectivity index (χ0) is 26.0. The van der Waals surface area contributed by atoms with E-state index in [-0.39, 0.29) is 22.7 Å². The zero-order valence-electron chi connectivity index (χ0n) is 21.0. The number of hydrogen-bond donors (Lipinski definition) is 2. The van der Waals surface area contributed by atoms with Crippen molar-refractivity contribution in [2.75, 3.05) is 34.7 Å². The van der Waals surface area contributed by atoms with Gasteiger partial charge in [0.25, 0.3) is 10.0 Å². The normalized spacial score (nSPS) is 17.1. The second-order valence-corrected chi connectivity index (χ2v) is 11.0. The summed E-state index contributed by atoms with van der Waals surface area (Å²) in [5.74, 6) is 1.63. The van der Waals surface area contributed by atoms with Gasteiger partial charge in [-0.2, -0.15) is 0 Å². The highest BCUT2D eigenvalue weighted by atomic mass is 32.2. The van der Waals surface area contributed by atoms with E-state index in [1.165, 1.54) is 19.1 Å². The molecule has 3 aromatic rings. The van der Waals surface area contributed by atoms with E-state index < -0.39 is 10.0 Å². The Morgan fingerprint density at radius 1 is 1.08 bits per heavy atom. The van der Waals surface area contributed by atoms with Crippen LogP contribution in [-0.2, 0) is 14.8 Å². The highest BCUT2D eigenvalue weighted by Gasteiger charge is 2.30. The summed E-state index contributed by atoms with van der Waals surface area (Å²) >= 11 is 0. The SMILES string of the molecule is CCCCC1CCCN1c1nc2cc3c(cc2nc1NS(=O)(=O)c1ccc(NC(C)=O)cc1)OCCO3. The molecule has 1 saturated heterocycles. The fraction of sp³-hybridized carbons (Fsp3) is 0.423. The van der Waals surface area contributed by atoms with Crippen molar-refractivity contribution < 1.29 is 22.7 Å². The van der Waals surface area contributed by atoms with Crippen molar-refractivity contribution >= 4 is 44.3 Å². The van der Waals surface area contributed by atoms with Crippen LogP contribution in [-0.4, -0.2) is 50.1 Å². The summed E-state index contributed by atoms with van der Waals surface area (Å²) in [6.45, 7) is 5.23. The minimum absolute atomic E-state index is 0.0561. The van der Waals surface area contributed by atoms with Gasteiger partial charge < -0.3 is 19.7 Å². The number of nitrogens with zero attached hydrogens (tertiary/aromatic N) is 3. The summed E-state index contributed by atoms with van der Waals surface area (Å²) in [6.07, 6.45) is 5.21. The van der Waals surface area contributed by atoms with Gasteiger partial charge in [-0.05, 0) is 43.5 Å². The van der Waals surface area contributed by atoms with E-state index in [1.54, 1.807) is 24.3 Å². The van der Waals surface area contributed by atoms with E-state index in [9.17, 15) is 13.2 Å². The average Bonchev–Trinajstić information content (AvgIpc) is 3.34. The number of fused-ring (bicyclic) bond motifs is 2. The number of aromatic nitrogens is 2. The molecule has 37 heavy (non-hydrogen) atoms. The van der Waals surface area contributed by atoms with E-state index in [2.05, 4.69) is 21.9 Å². The Bertz CT molecular complexity index is 1410. The molecule has 11 heteroatoms. The second kappa shape index (κ2) is 10.4. The minimum Gasteiger partial charge on any atom is -0.486 e. The summed E-state index contributed by atoms with van der Waals surface area (Å²) in [6, 6.07) is 9.80. The number of benzene rings is 2. The molecule has 3 heterocycles. The van der Waals surface area contributed by atoms with Gasteiger partial charge in [-0.15, -0.1) is 0 Å². The molecule has 0 saturated carbocycles. The molecular weight excluding hydrogens is 494 g/mol. The van der Waals surface area contributed by atoms with E-state index in [4.69, 9.17) is 19.4 Å². The van der Waals surface area contributed by atoms with E-state index in [1.807, 2.05) is 0 Å². The van der Waals surface area contributed by atoms with Crippen molar-refractivity contribution in [1.82, 2.24) is 9.97 Å². The van der Waals surface area contributed by atoms with Crippen molar-refractivity contribution in [1.29, 1.82) is 0 Å². The Balaban J connectivity index is 1.55. The number of nitrogens with one attached hydrogen (secondary N) is 2. The van der Waals surface area contributed by atoms with Crippen molar-refractivity contribution in [3.8, 4) is 11.5 Å². The largest absolute Gasteiger partial charge is 0.486 e. The highest BCUT2D eigenvalue weighted by molar-refractivity contribution is 7.92. The topological polar surface area (TPSA) is 123 Å². The predicted molar refractivity (Wildman–Crippen MR) is 142 cm³/mol. The maximum Gasteiger partial charge on any atom is 0.263 e. The van der Waals surface area contributed by atoms with Crippen LogP contribution < -0.4 is 24.4 Å². The van der Waals surface area contributed by atoms with Crippen LogP contribution >= 0.6 is 0 Å². The van der Waals surface area contributed by atoms with Crippen molar-refractivity contribution in [3.63, 3.8) is 0 Å². The van der Waals surface area contributed by atoms with Crippen LogP contribution in [0.3, 0.4) is 0 Å². The Hall–Kier alpha value is -3.60. The third kappa shape index (κ3) is 5.41. The van der Waals surface area contributed by atoms with Gasteiger partial charge >= 0.3 is 0 Å².